The van der Waals surface area contributed by atoms with Gasteiger partial charge in [-0.1, -0.05) is 134 Å². The molecule has 0 aliphatic heterocycles. The van der Waals surface area contributed by atoms with Gasteiger partial charge in [0.25, 0.3) is 0 Å². The number of carboxylic acids is 1. The molecule has 1 aromatic rings. The Kier molecular flexibility index (Phi) is 14.0. The first-order chi connectivity index (χ1) is 17.0. The fourth-order valence-corrected chi connectivity index (χ4v) is 4.91. The second kappa shape index (κ2) is 16.7. The van der Waals surface area contributed by atoms with Gasteiger partial charge in [-0.05, 0) is 42.0 Å². The highest BCUT2D eigenvalue weighted by atomic mass is 16.5. The van der Waals surface area contributed by atoms with Crippen LogP contribution in [0.3, 0.4) is 0 Å². The molecule has 0 heterocycles. The van der Waals surface area contributed by atoms with E-state index in [4.69, 9.17) is 4.74 Å². The molecule has 1 aromatic carbocycles. The Labute approximate surface area is 215 Å². The molecule has 0 radical (unpaired) electrons. The van der Waals surface area contributed by atoms with Crippen molar-refractivity contribution in [3.63, 3.8) is 0 Å². The van der Waals surface area contributed by atoms with Crippen molar-refractivity contribution in [1.82, 2.24) is 0 Å². The minimum absolute atomic E-state index is 0.583. The largest absolute Gasteiger partial charge is 0.481 e. The summed E-state index contributed by atoms with van der Waals surface area (Å²) in [5.74, 6) is -0.812. The molecule has 3 nitrogen and oxygen atoms in total. The van der Waals surface area contributed by atoms with Crippen LogP contribution in [-0.2, 0) is 21.6 Å². The molecule has 3 heteroatoms. The Morgan fingerprint density at radius 1 is 0.886 bits per heavy atom. The SMILES string of the molecule is CCCCCCCCCCCCCCOC1(c2ccccc2C[C@@H](C)CC)C=CC(C(=O)O)C=C1. The first kappa shape index (κ1) is 29.4. The van der Waals surface area contributed by atoms with Crippen LogP contribution in [0.2, 0.25) is 0 Å². The highest BCUT2D eigenvalue weighted by Crippen LogP contribution is 2.37. The molecule has 1 N–H and O–H groups in total. The lowest BCUT2D eigenvalue weighted by Crippen LogP contribution is -2.30. The van der Waals surface area contributed by atoms with E-state index >= 15 is 0 Å². The van der Waals surface area contributed by atoms with Crippen molar-refractivity contribution in [2.24, 2.45) is 11.8 Å². The van der Waals surface area contributed by atoms with Crippen LogP contribution in [0.25, 0.3) is 0 Å². The maximum absolute atomic E-state index is 11.5. The van der Waals surface area contributed by atoms with E-state index in [0.29, 0.717) is 12.5 Å². The van der Waals surface area contributed by atoms with Crippen molar-refractivity contribution in [2.75, 3.05) is 6.61 Å². The standard InChI is InChI=1S/C32H50O3/c1-4-6-7-8-9-10-11-12-13-14-15-18-25-35-32(23-21-28(22-24-32)31(33)34)30-20-17-16-19-29(30)26-27(3)5-2/h16-17,19-24,27-28H,4-15,18,25-26H2,1-3H3,(H,33,34)/t27-,28?,32?/m0/s1. The minimum Gasteiger partial charge on any atom is -0.481 e. The molecule has 1 aliphatic carbocycles. The summed E-state index contributed by atoms with van der Waals surface area (Å²) in [5.41, 5.74) is 1.77. The van der Waals surface area contributed by atoms with Crippen molar-refractivity contribution in [2.45, 2.75) is 116 Å². The smallest absolute Gasteiger partial charge is 0.314 e. The van der Waals surface area contributed by atoms with Gasteiger partial charge in [-0.15, -0.1) is 0 Å². The molecule has 0 bridgehead atoms. The molecule has 0 amide bonds. The highest BCUT2D eigenvalue weighted by molar-refractivity contribution is 5.75. The van der Waals surface area contributed by atoms with Crippen LogP contribution in [0, 0.1) is 11.8 Å². The number of benzene rings is 1. The lowest BCUT2D eigenvalue weighted by molar-refractivity contribution is -0.138. The van der Waals surface area contributed by atoms with Crippen LogP contribution in [0.4, 0.5) is 0 Å². The number of unbranched alkanes of at least 4 members (excludes halogenated alkanes) is 11. The van der Waals surface area contributed by atoms with Gasteiger partial charge in [0, 0.05) is 6.61 Å². The van der Waals surface area contributed by atoms with E-state index in [-0.39, 0.29) is 0 Å². The van der Waals surface area contributed by atoms with E-state index in [9.17, 15) is 9.90 Å². The minimum atomic E-state index is -0.819. The lowest BCUT2D eigenvalue weighted by atomic mass is 9.81. The molecule has 2 rings (SSSR count). The number of ether oxygens (including phenoxy) is 1. The molecule has 1 atom stereocenters. The van der Waals surface area contributed by atoms with E-state index in [0.717, 1.165) is 24.8 Å². The van der Waals surface area contributed by atoms with Gasteiger partial charge in [-0.3, -0.25) is 4.79 Å². The molecule has 0 fully saturated rings. The third kappa shape index (κ3) is 10.3. The summed E-state index contributed by atoms with van der Waals surface area (Å²) in [6.07, 6.45) is 25.5. The van der Waals surface area contributed by atoms with Crippen molar-refractivity contribution in [3.05, 3.63) is 59.7 Å². The topological polar surface area (TPSA) is 46.5 Å². The fraction of sp³-hybridized carbons (Fsp3) is 0.656. The maximum atomic E-state index is 11.5. The van der Waals surface area contributed by atoms with Crippen LogP contribution in [0.1, 0.15) is 115 Å². The average molecular weight is 483 g/mol. The summed E-state index contributed by atoms with van der Waals surface area (Å²) in [6.45, 7) is 7.46. The average Bonchev–Trinajstić information content (AvgIpc) is 2.87. The first-order valence-corrected chi connectivity index (χ1v) is 14.4. The van der Waals surface area contributed by atoms with Crippen molar-refractivity contribution >= 4 is 5.97 Å². The Morgan fingerprint density at radius 2 is 1.43 bits per heavy atom. The number of carbonyl (C=O) groups is 1. The summed E-state index contributed by atoms with van der Waals surface area (Å²) < 4.78 is 6.57. The zero-order valence-electron chi connectivity index (χ0n) is 22.6. The Hall–Kier alpha value is -1.87. The maximum Gasteiger partial charge on any atom is 0.314 e. The number of carboxylic acid groups (broad SMARTS) is 1. The number of hydrogen-bond donors (Lipinski definition) is 1. The molecular weight excluding hydrogens is 432 g/mol. The predicted octanol–water partition coefficient (Wildman–Crippen LogP) is 9.02. The van der Waals surface area contributed by atoms with Crippen LogP contribution in [0.15, 0.2) is 48.6 Å². The summed E-state index contributed by atoms with van der Waals surface area (Å²) in [6, 6.07) is 8.50. The summed E-state index contributed by atoms with van der Waals surface area (Å²) in [4.78, 5) is 11.5. The molecular formula is C32H50O3. The van der Waals surface area contributed by atoms with E-state index in [1.807, 2.05) is 12.2 Å². The highest BCUT2D eigenvalue weighted by Gasteiger charge is 2.33. The van der Waals surface area contributed by atoms with Crippen molar-refractivity contribution < 1.29 is 14.6 Å². The quantitative estimate of drug-likeness (QED) is 0.158. The van der Waals surface area contributed by atoms with Gasteiger partial charge >= 0.3 is 5.97 Å². The van der Waals surface area contributed by atoms with Gasteiger partial charge in [0.15, 0.2) is 0 Å². The summed E-state index contributed by atoms with van der Waals surface area (Å²) in [5, 5.41) is 9.44. The second-order valence-corrected chi connectivity index (χ2v) is 10.5. The van der Waals surface area contributed by atoms with Gasteiger partial charge in [-0.2, -0.15) is 0 Å². The Morgan fingerprint density at radius 3 is 1.97 bits per heavy atom. The summed E-state index contributed by atoms with van der Waals surface area (Å²) >= 11 is 0. The van der Waals surface area contributed by atoms with Crippen LogP contribution < -0.4 is 0 Å². The fourth-order valence-electron chi connectivity index (χ4n) is 4.91. The van der Waals surface area contributed by atoms with E-state index in [1.54, 1.807) is 12.2 Å². The zero-order chi connectivity index (χ0) is 25.4. The van der Waals surface area contributed by atoms with Gasteiger partial charge in [0.1, 0.15) is 5.60 Å². The summed E-state index contributed by atoms with van der Waals surface area (Å²) in [7, 11) is 0. The number of aliphatic carboxylic acids is 1. The van der Waals surface area contributed by atoms with Gasteiger partial charge < -0.3 is 9.84 Å². The molecule has 0 saturated heterocycles. The molecule has 1 aliphatic rings. The second-order valence-electron chi connectivity index (χ2n) is 10.5. The zero-order valence-corrected chi connectivity index (χ0v) is 22.6. The van der Waals surface area contributed by atoms with Gasteiger partial charge in [0.2, 0.25) is 0 Å². The number of rotatable bonds is 19. The van der Waals surface area contributed by atoms with E-state index < -0.39 is 17.5 Å². The molecule has 0 aromatic heterocycles. The van der Waals surface area contributed by atoms with Crippen LogP contribution in [-0.4, -0.2) is 17.7 Å². The van der Waals surface area contributed by atoms with Crippen molar-refractivity contribution in [3.8, 4) is 0 Å². The van der Waals surface area contributed by atoms with Gasteiger partial charge in [0.05, 0.1) is 5.92 Å². The van der Waals surface area contributed by atoms with Crippen LogP contribution >= 0.6 is 0 Å². The van der Waals surface area contributed by atoms with Gasteiger partial charge in [-0.25, -0.2) is 0 Å². The predicted molar refractivity (Wildman–Crippen MR) is 148 cm³/mol. The third-order valence-corrected chi connectivity index (χ3v) is 7.43. The molecule has 0 saturated carbocycles. The first-order valence-electron chi connectivity index (χ1n) is 14.4. The van der Waals surface area contributed by atoms with E-state index in [2.05, 4.69) is 45.0 Å². The molecule has 0 spiro atoms. The Balaban J connectivity index is 1.85. The molecule has 196 valence electrons. The normalized spacial score (nSPS) is 20.3. The Bertz CT molecular complexity index is 765. The van der Waals surface area contributed by atoms with Crippen molar-refractivity contribution in [1.29, 1.82) is 0 Å². The molecule has 0 unspecified atom stereocenters. The molecule has 35 heavy (non-hydrogen) atoms. The monoisotopic (exact) mass is 482 g/mol. The van der Waals surface area contributed by atoms with Crippen LogP contribution in [0.5, 0.6) is 0 Å². The number of hydrogen-bond acceptors (Lipinski definition) is 2. The lowest BCUT2D eigenvalue weighted by Gasteiger charge is -2.33. The van der Waals surface area contributed by atoms with E-state index in [1.165, 1.54) is 76.2 Å². The third-order valence-electron chi connectivity index (χ3n) is 7.43.